The number of piperidine rings is 1. The fourth-order valence-electron chi connectivity index (χ4n) is 4.38. The maximum absolute atomic E-state index is 11.2. The van der Waals surface area contributed by atoms with Gasteiger partial charge < -0.3 is 9.53 Å². The van der Waals surface area contributed by atoms with Crippen molar-refractivity contribution in [3.8, 4) is 0 Å². The van der Waals surface area contributed by atoms with Gasteiger partial charge in [0, 0.05) is 25.2 Å². The minimum absolute atomic E-state index is 0.230. The van der Waals surface area contributed by atoms with Gasteiger partial charge >= 0.3 is 0 Å². The molecule has 2 aliphatic rings. The van der Waals surface area contributed by atoms with Crippen LogP contribution in [0.15, 0.2) is 30.3 Å². The Morgan fingerprint density at radius 1 is 1.12 bits per heavy atom. The smallest absolute Gasteiger partial charge is 0.191 e. The number of rotatable bonds is 6. The molecule has 0 amide bonds. The van der Waals surface area contributed by atoms with E-state index < -0.39 is 13.9 Å². The van der Waals surface area contributed by atoms with E-state index in [1.165, 1.54) is 18.4 Å². The summed E-state index contributed by atoms with van der Waals surface area (Å²) in [5.74, 6) is 0. The number of fused-ring (bicyclic) bond motifs is 2. The van der Waals surface area contributed by atoms with Crippen LogP contribution in [0.25, 0.3) is 0 Å². The van der Waals surface area contributed by atoms with E-state index in [9.17, 15) is 5.11 Å². The van der Waals surface area contributed by atoms with Crippen LogP contribution in [0.3, 0.4) is 0 Å². The highest BCUT2D eigenvalue weighted by atomic mass is 28.4. The lowest BCUT2D eigenvalue weighted by Gasteiger charge is -2.44. The van der Waals surface area contributed by atoms with Crippen LogP contribution in [0, 0.1) is 0 Å². The number of benzene rings is 1. The molecule has 3 nitrogen and oxygen atoms in total. The van der Waals surface area contributed by atoms with Gasteiger partial charge in [-0.1, -0.05) is 51.1 Å². The predicted molar refractivity (Wildman–Crippen MR) is 111 cm³/mol. The Morgan fingerprint density at radius 2 is 1.69 bits per heavy atom. The standard InChI is InChI=1S/C22H37NO2Si/c1-21(2,3)26(4,5)25-14-13-22(24)15-19-11-12-20(16-22)23(19)17-18-9-7-6-8-10-18/h6-10,19-20,24H,11-17H2,1-5H3. The molecular weight excluding hydrogens is 338 g/mol. The molecule has 2 bridgehead atoms. The Kier molecular flexibility index (Phi) is 5.70. The van der Waals surface area contributed by atoms with E-state index in [4.69, 9.17) is 4.43 Å². The topological polar surface area (TPSA) is 32.7 Å². The zero-order chi connectivity index (χ0) is 19.0. The summed E-state index contributed by atoms with van der Waals surface area (Å²) in [7, 11) is -1.73. The van der Waals surface area contributed by atoms with E-state index in [1.807, 2.05) is 0 Å². The lowest BCUT2D eigenvalue weighted by atomic mass is 9.83. The monoisotopic (exact) mass is 375 g/mol. The second-order valence-electron chi connectivity index (χ2n) is 10.0. The van der Waals surface area contributed by atoms with Gasteiger partial charge in [0.05, 0.1) is 5.60 Å². The number of aliphatic hydroxyl groups is 1. The molecule has 3 rings (SSSR count). The maximum atomic E-state index is 11.2. The summed E-state index contributed by atoms with van der Waals surface area (Å²) in [6, 6.07) is 11.8. The molecule has 0 aliphatic carbocycles. The zero-order valence-electron chi connectivity index (χ0n) is 17.3. The highest BCUT2D eigenvalue weighted by Gasteiger charge is 2.47. The van der Waals surface area contributed by atoms with Crippen LogP contribution < -0.4 is 0 Å². The largest absolute Gasteiger partial charge is 0.417 e. The van der Waals surface area contributed by atoms with E-state index >= 15 is 0 Å². The van der Waals surface area contributed by atoms with Gasteiger partial charge in [-0.15, -0.1) is 0 Å². The molecular formula is C22H37NO2Si. The Bertz CT molecular complexity index is 582. The summed E-state index contributed by atoms with van der Waals surface area (Å²) < 4.78 is 6.34. The Hall–Kier alpha value is -0.683. The molecule has 4 heteroatoms. The summed E-state index contributed by atoms with van der Waals surface area (Å²) in [5, 5.41) is 11.5. The average Bonchev–Trinajstić information content (AvgIpc) is 2.78. The molecule has 2 atom stereocenters. The van der Waals surface area contributed by atoms with Crippen molar-refractivity contribution in [2.45, 2.75) is 95.2 Å². The summed E-state index contributed by atoms with van der Waals surface area (Å²) in [6.07, 6.45) is 5.03. The van der Waals surface area contributed by atoms with Gasteiger partial charge in [-0.05, 0) is 55.8 Å². The lowest BCUT2D eigenvalue weighted by Crippen LogP contribution is -2.51. The molecule has 0 saturated carbocycles. The Labute approximate surface area is 160 Å². The van der Waals surface area contributed by atoms with E-state index in [2.05, 4.69) is 69.1 Å². The van der Waals surface area contributed by atoms with Gasteiger partial charge in [-0.25, -0.2) is 0 Å². The third-order valence-corrected chi connectivity index (χ3v) is 11.6. The normalized spacial score (nSPS) is 29.9. The highest BCUT2D eigenvalue weighted by Crippen LogP contribution is 2.43. The van der Waals surface area contributed by atoms with Gasteiger partial charge in [0.25, 0.3) is 0 Å². The van der Waals surface area contributed by atoms with Gasteiger partial charge in [-0.3, -0.25) is 4.90 Å². The van der Waals surface area contributed by atoms with Gasteiger partial charge in [-0.2, -0.15) is 0 Å². The Balaban J connectivity index is 1.56. The molecule has 2 unspecified atom stereocenters. The molecule has 2 saturated heterocycles. The average molecular weight is 376 g/mol. The van der Waals surface area contributed by atoms with Gasteiger partial charge in [0.15, 0.2) is 8.32 Å². The van der Waals surface area contributed by atoms with Crippen LogP contribution in [0.4, 0.5) is 0 Å². The van der Waals surface area contributed by atoms with Crippen LogP contribution in [0.5, 0.6) is 0 Å². The van der Waals surface area contributed by atoms with E-state index in [0.717, 1.165) is 25.8 Å². The van der Waals surface area contributed by atoms with Crippen LogP contribution >= 0.6 is 0 Å². The molecule has 1 N–H and O–H groups in total. The third kappa shape index (κ3) is 4.41. The molecule has 0 spiro atoms. The van der Waals surface area contributed by atoms with Crippen LogP contribution in [-0.2, 0) is 11.0 Å². The molecule has 2 aliphatic heterocycles. The second kappa shape index (κ2) is 7.38. The summed E-state index contributed by atoms with van der Waals surface area (Å²) in [5.41, 5.74) is 0.845. The van der Waals surface area contributed by atoms with Crippen molar-refractivity contribution in [1.82, 2.24) is 4.90 Å². The molecule has 146 valence electrons. The summed E-state index contributed by atoms with van der Waals surface area (Å²) in [4.78, 5) is 2.64. The molecule has 2 fully saturated rings. The fraction of sp³-hybridized carbons (Fsp3) is 0.727. The van der Waals surface area contributed by atoms with Crippen molar-refractivity contribution in [3.63, 3.8) is 0 Å². The zero-order valence-corrected chi connectivity index (χ0v) is 18.3. The lowest BCUT2D eigenvalue weighted by molar-refractivity contribution is -0.0661. The maximum Gasteiger partial charge on any atom is 0.191 e. The molecule has 0 radical (unpaired) electrons. The highest BCUT2D eigenvalue weighted by molar-refractivity contribution is 6.74. The fourth-order valence-corrected chi connectivity index (χ4v) is 5.43. The first kappa shape index (κ1) is 20.1. The van der Waals surface area contributed by atoms with Crippen LogP contribution in [0.1, 0.15) is 58.4 Å². The molecule has 0 aromatic heterocycles. The predicted octanol–water partition coefficient (Wildman–Crippen LogP) is 4.96. The first-order chi connectivity index (χ1) is 12.1. The van der Waals surface area contributed by atoms with Crippen molar-refractivity contribution in [1.29, 1.82) is 0 Å². The summed E-state index contributed by atoms with van der Waals surface area (Å²) >= 11 is 0. The number of hydrogen-bond donors (Lipinski definition) is 1. The van der Waals surface area contributed by atoms with Gasteiger partial charge in [0.2, 0.25) is 0 Å². The number of hydrogen-bond acceptors (Lipinski definition) is 3. The second-order valence-corrected chi connectivity index (χ2v) is 14.8. The first-order valence-corrected chi connectivity index (χ1v) is 13.2. The first-order valence-electron chi connectivity index (χ1n) is 10.3. The van der Waals surface area contributed by atoms with Crippen LogP contribution in [-0.4, -0.2) is 42.6 Å². The van der Waals surface area contributed by atoms with Crippen molar-refractivity contribution in [2.75, 3.05) is 6.61 Å². The third-order valence-electron chi connectivity index (χ3n) is 7.05. The van der Waals surface area contributed by atoms with E-state index in [-0.39, 0.29) is 5.04 Å². The number of nitrogens with zero attached hydrogens (tertiary/aromatic N) is 1. The van der Waals surface area contributed by atoms with Crippen molar-refractivity contribution >= 4 is 8.32 Å². The molecule has 26 heavy (non-hydrogen) atoms. The SMILES string of the molecule is CC(C)(C)[Si](C)(C)OCCC1(O)CC2CCC(C1)N2Cc1ccccc1. The quantitative estimate of drug-likeness (QED) is 0.714. The molecule has 2 heterocycles. The summed E-state index contributed by atoms with van der Waals surface area (Å²) in [6.45, 7) is 13.1. The van der Waals surface area contributed by atoms with E-state index in [0.29, 0.717) is 18.7 Å². The van der Waals surface area contributed by atoms with Crippen molar-refractivity contribution in [3.05, 3.63) is 35.9 Å². The van der Waals surface area contributed by atoms with Crippen molar-refractivity contribution < 1.29 is 9.53 Å². The Morgan fingerprint density at radius 3 is 2.23 bits per heavy atom. The molecule has 1 aromatic carbocycles. The minimum atomic E-state index is -1.73. The molecule has 1 aromatic rings. The van der Waals surface area contributed by atoms with Gasteiger partial charge in [0.1, 0.15) is 0 Å². The van der Waals surface area contributed by atoms with E-state index in [1.54, 1.807) is 0 Å². The van der Waals surface area contributed by atoms with Crippen LogP contribution in [0.2, 0.25) is 18.1 Å². The minimum Gasteiger partial charge on any atom is -0.417 e. The van der Waals surface area contributed by atoms with Crippen molar-refractivity contribution in [2.24, 2.45) is 0 Å².